The molecule has 0 unspecified atom stereocenters. The van der Waals surface area contributed by atoms with Gasteiger partial charge in [0, 0.05) is 38.3 Å². The zero-order valence-corrected chi connectivity index (χ0v) is 14.8. The smallest absolute Gasteiger partial charge is 0.165 e. The summed E-state index contributed by atoms with van der Waals surface area (Å²) < 4.78 is 11.5. The maximum atomic E-state index is 5.99. The van der Waals surface area contributed by atoms with Gasteiger partial charge in [-0.05, 0) is 35.2 Å². The Balaban J connectivity index is 1.54. The highest BCUT2D eigenvalue weighted by molar-refractivity contribution is 5.49. The second-order valence-corrected chi connectivity index (χ2v) is 6.38. The molecule has 3 rings (SSSR count). The molecule has 0 aliphatic carbocycles. The molecular weight excluding hydrogens is 314 g/mol. The van der Waals surface area contributed by atoms with Gasteiger partial charge in [-0.3, -0.25) is 4.90 Å². The van der Waals surface area contributed by atoms with E-state index in [2.05, 4.69) is 29.2 Å². The fourth-order valence-electron chi connectivity index (χ4n) is 3.36. The SMILES string of the molecule is COc1c(CN)cc(CN)cc1OCCCN1Cc2ccccc2C1. The molecular formula is C20H27N3O2. The molecule has 0 saturated carbocycles. The molecule has 2 aromatic carbocycles. The van der Waals surface area contributed by atoms with Crippen LogP contribution in [-0.4, -0.2) is 25.2 Å². The molecule has 25 heavy (non-hydrogen) atoms. The van der Waals surface area contributed by atoms with Gasteiger partial charge in [0.25, 0.3) is 0 Å². The highest BCUT2D eigenvalue weighted by atomic mass is 16.5. The van der Waals surface area contributed by atoms with Crippen molar-refractivity contribution in [1.82, 2.24) is 4.90 Å². The van der Waals surface area contributed by atoms with Crippen molar-refractivity contribution in [3.05, 3.63) is 58.7 Å². The summed E-state index contributed by atoms with van der Waals surface area (Å²) in [5, 5.41) is 0. The standard InChI is InChI=1S/C20H27N3O2/c1-24-20-18(12-22)9-15(11-21)10-19(20)25-8-4-7-23-13-16-5-2-3-6-17(16)14-23/h2-3,5-6,9-10H,4,7-8,11-14,21-22H2,1H3. The van der Waals surface area contributed by atoms with Gasteiger partial charge in [0.2, 0.25) is 0 Å². The molecule has 0 fully saturated rings. The first kappa shape index (κ1) is 17.7. The molecule has 5 heteroatoms. The van der Waals surface area contributed by atoms with Gasteiger partial charge in [0.05, 0.1) is 13.7 Å². The average molecular weight is 341 g/mol. The Hall–Kier alpha value is -2.08. The van der Waals surface area contributed by atoms with E-state index in [4.69, 9.17) is 20.9 Å². The van der Waals surface area contributed by atoms with Gasteiger partial charge in [-0.15, -0.1) is 0 Å². The molecule has 0 aromatic heterocycles. The molecule has 2 aromatic rings. The number of nitrogens with two attached hydrogens (primary N) is 2. The first-order chi connectivity index (χ1) is 12.2. The van der Waals surface area contributed by atoms with E-state index in [0.29, 0.717) is 25.4 Å². The highest BCUT2D eigenvalue weighted by Crippen LogP contribution is 2.33. The summed E-state index contributed by atoms with van der Waals surface area (Å²) in [6, 6.07) is 12.6. The van der Waals surface area contributed by atoms with Crippen molar-refractivity contribution in [2.45, 2.75) is 32.6 Å². The Labute approximate surface area is 149 Å². The lowest BCUT2D eigenvalue weighted by molar-refractivity contribution is 0.232. The minimum atomic E-state index is 0.402. The fourth-order valence-corrected chi connectivity index (χ4v) is 3.36. The molecule has 4 N–H and O–H groups in total. The minimum absolute atomic E-state index is 0.402. The number of methoxy groups -OCH3 is 1. The molecule has 0 radical (unpaired) electrons. The maximum absolute atomic E-state index is 5.99. The number of nitrogens with zero attached hydrogens (tertiary/aromatic N) is 1. The molecule has 1 aliphatic heterocycles. The third-order valence-electron chi connectivity index (χ3n) is 4.63. The van der Waals surface area contributed by atoms with Crippen molar-refractivity contribution < 1.29 is 9.47 Å². The molecule has 0 spiro atoms. The van der Waals surface area contributed by atoms with Crippen LogP contribution in [0.1, 0.15) is 28.7 Å². The summed E-state index contributed by atoms with van der Waals surface area (Å²) in [7, 11) is 1.64. The Morgan fingerprint density at radius 1 is 1.04 bits per heavy atom. The molecule has 5 nitrogen and oxygen atoms in total. The number of ether oxygens (including phenoxy) is 2. The Morgan fingerprint density at radius 3 is 2.36 bits per heavy atom. The van der Waals surface area contributed by atoms with Crippen LogP contribution in [0.2, 0.25) is 0 Å². The molecule has 0 amide bonds. The van der Waals surface area contributed by atoms with Gasteiger partial charge in [0.15, 0.2) is 11.5 Å². The van der Waals surface area contributed by atoms with Gasteiger partial charge < -0.3 is 20.9 Å². The number of rotatable bonds is 8. The molecule has 1 aliphatic rings. The Kier molecular flexibility index (Phi) is 5.91. The van der Waals surface area contributed by atoms with E-state index in [1.807, 2.05) is 12.1 Å². The van der Waals surface area contributed by atoms with Crippen LogP contribution < -0.4 is 20.9 Å². The van der Waals surface area contributed by atoms with Gasteiger partial charge in [-0.1, -0.05) is 24.3 Å². The summed E-state index contributed by atoms with van der Waals surface area (Å²) in [5.41, 5.74) is 16.4. The third-order valence-corrected chi connectivity index (χ3v) is 4.63. The van der Waals surface area contributed by atoms with E-state index in [0.717, 1.165) is 42.9 Å². The third kappa shape index (κ3) is 4.12. The maximum Gasteiger partial charge on any atom is 0.165 e. The van der Waals surface area contributed by atoms with Gasteiger partial charge >= 0.3 is 0 Å². The predicted octanol–water partition coefficient (Wildman–Crippen LogP) is 2.40. The second kappa shape index (κ2) is 8.34. The predicted molar refractivity (Wildman–Crippen MR) is 99.4 cm³/mol. The van der Waals surface area contributed by atoms with Crippen LogP contribution in [0.5, 0.6) is 11.5 Å². The van der Waals surface area contributed by atoms with E-state index < -0.39 is 0 Å². The summed E-state index contributed by atoms with van der Waals surface area (Å²) in [5.74, 6) is 1.45. The Morgan fingerprint density at radius 2 is 1.76 bits per heavy atom. The first-order valence-corrected chi connectivity index (χ1v) is 8.77. The van der Waals surface area contributed by atoms with E-state index in [1.165, 1.54) is 11.1 Å². The van der Waals surface area contributed by atoms with Crippen LogP contribution in [0.25, 0.3) is 0 Å². The number of hydrogen-bond donors (Lipinski definition) is 2. The van der Waals surface area contributed by atoms with Crippen molar-refractivity contribution in [3.63, 3.8) is 0 Å². The van der Waals surface area contributed by atoms with Crippen molar-refractivity contribution in [2.24, 2.45) is 11.5 Å². The lowest BCUT2D eigenvalue weighted by Crippen LogP contribution is -2.19. The van der Waals surface area contributed by atoms with Crippen LogP contribution in [-0.2, 0) is 26.2 Å². The van der Waals surface area contributed by atoms with E-state index in [1.54, 1.807) is 7.11 Å². The lowest BCUT2D eigenvalue weighted by Gasteiger charge is -2.17. The largest absolute Gasteiger partial charge is 0.493 e. The molecule has 0 saturated heterocycles. The fraction of sp³-hybridized carbons (Fsp3) is 0.400. The first-order valence-electron chi connectivity index (χ1n) is 8.77. The van der Waals surface area contributed by atoms with E-state index in [9.17, 15) is 0 Å². The monoisotopic (exact) mass is 341 g/mol. The molecule has 0 atom stereocenters. The van der Waals surface area contributed by atoms with Crippen LogP contribution in [0.15, 0.2) is 36.4 Å². The van der Waals surface area contributed by atoms with Crippen LogP contribution >= 0.6 is 0 Å². The lowest BCUT2D eigenvalue weighted by atomic mass is 10.1. The molecule has 1 heterocycles. The van der Waals surface area contributed by atoms with Crippen LogP contribution in [0.4, 0.5) is 0 Å². The normalized spacial score (nSPS) is 13.7. The topological polar surface area (TPSA) is 73.7 Å². The van der Waals surface area contributed by atoms with Crippen LogP contribution in [0, 0.1) is 0 Å². The van der Waals surface area contributed by atoms with Crippen molar-refractivity contribution >= 4 is 0 Å². The zero-order chi connectivity index (χ0) is 17.6. The van der Waals surface area contributed by atoms with Gasteiger partial charge in [-0.25, -0.2) is 0 Å². The second-order valence-electron chi connectivity index (χ2n) is 6.38. The van der Waals surface area contributed by atoms with Crippen molar-refractivity contribution in [1.29, 1.82) is 0 Å². The average Bonchev–Trinajstić information content (AvgIpc) is 3.07. The number of hydrogen-bond acceptors (Lipinski definition) is 5. The summed E-state index contributed by atoms with van der Waals surface area (Å²) in [6.45, 7) is 4.57. The Bertz CT molecular complexity index is 693. The summed E-state index contributed by atoms with van der Waals surface area (Å²) >= 11 is 0. The minimum Gasteiger partial charge on any atom is -0.493 e. The van der Waals surface area contributed by atoms with E-state index in [-0.39, 0.29) is 0 Å². The summed E-state index contributed by atoms with van der Waals surface area (Å²) in [4.78, 5) is 2.45. The van der Waals surface area contributed by atoms with Crippen molar-refractivity contribution in [3.8, 4) is 11.5 Å². The number of benzene rings is 2. The summed E-state index contributed by atoms with van der Waals surface area (Å²) in [6.07, 6.45) is 0.960. The van der Waals surface area contributed by atoms with Crippen LogP contribution in [0.3, 0.4) is 0 Å². The zero-order valence-electron chi connectivity index (χ0n) is 14.8. The highest BCUT2D eigenvalue weighted by Gasteiger charge is 2.17. The molecule has 134 valence electrons. The number of fused-ring (bicyclic) bond motifs is 1. The van der Waals surface area contributed by atoms with Gasteiger partial charge in [-0.2, -0.15) is 0 Å². The van der Waals surface area contributed by atoms with E-state index >= 15 is 0 Å². The van der Waals surface area contributed by atoms with Crippen molar-refractivity contribution in [2.75, 3.05) is 20.3 Å². The molecule has 0 bridgehead atoms. The van der Waals surface area contributed by atoms with Gasteiger partial charge in [0.1, 0.15) is 0 Å². The quantitative estimate of drug-likeness (QED) is 0.721.